The highest BCUT2D eigenvalue weighted by Crippen LogP contribution is 2.43. The van der Waals surface area contributed by atoms with Crippen molar-refractivity contribution in [1.29, 1.82) is 0 Å². The van der Waals surface area contributed by atoms with Crippen LogP contribution in [0.3, 0.4) is 0 Å². The number of pyridine rings is 1. The number of para-hydroxylation sites is 2. The fourth-order valence-corrected chi connectivity index (χ4v) is 7.09. The van der Waals surface area contributed by atoms with Crippen LogP contribution in [0.15, 0.2) is 173 Å². The van der Waals surface area contributed by atoms with Gasteiger partial charge in [-0.15, -0.1) is 0 Å². The lowest BCUT2D eigenvalue weighted by Crippen LogP contribution is -1.98. The van der Waals surface area contributed by atoms with E-state index in [1.807, 2.05) is 85.2 Å². The van der Waals surface area contributed by atoms with E-state index in [1.165, 1.54) is 0 Å². The summed E-state index contributed by atoms with van der Waals surface area (Å²) in [5, 5.41) is 4.24. The molecule has 10 rings (SSSR count). The molecular weight excluding hydrogens is 615 g/mol. The van der Waals surface area contributed by atoms with Crippen molar-refractivity contribution in [2.45, 2.75) is 0 Å². The van der Waals surface area contributed by atoms with E-state index in [4.69, 9.17) is 18.8 Å². The zero-order chi connectivity index (χ0) is 33.0. The fourth-order valence-electron chi connectivity index (χ4n) is 7.09. The minimum Gasteiger partial charge on any atom is -0.456 e. The Morgan fingerprint density at radius 3 is 1.88 bits per heavy atom. The van der Waals surface area contributed by atoms with E-state index < -0.39 is 0 Å². The Labute approximate surface area is 287 Å². The molecule has 0 atom stereocenters. The van der Waals surface area contributed by atoms with Crippen molar-refractivity contribution in [3.8, 4) is 56.2 Å². The van der Waals surface area contributed by atoms with Crippen LogP contribution in [-0.2, 0) is 0 Å². The van der Waals surface area contributed by atoms with Crippen molar-refractivity contribution in [3.63, 3.8) is 0 Å². The van der Waals surface area contributed by atoms with Crippen molar-refractivity contribution in [1.82, 2.24) is 15.0 Å². The molecule has 0 saturated heterocycles. The normalized spacial score (nSPS) is 11.6. The summed E-state index contributed by atoms with van der Waals surface area (Å²) >= 11 is 0. The fraction of sp³-hybridized carbons (Fsp3) is 0. The van der Waals surface area contributed by atoms with Crippen molar-refractivity contribution in [2.75, 3.05) is 0 Å². The molecule has 0 aliphatic heterocycles. The third kappa shape index (κ3) is 4.60. The largest absolute Gasteiger partial charge is 0.456 e. The molecular formula is C45H27N3O2. The molecule has 6 aromatic carbocycles. The summed E-state index contributed by atoms with van der Waals surface area (Å²) in [4.78, 5) is 14.7. The number of nitrogens with zero attached hydrogens (tertiary/aromatic N) is 3. The lowest BCUT2D eigenvalue weighted by atomic mass is 9.95. The van der Waals surface area contributed by atoms with E-state index in [0.29, 0.717) is 5.82 Å². The molecule has 0 N–H and O–H groups in total. The monoisotopic (exact) mass is 641 g/mol. The van der Waals surface area contributed by atoms with Crippen molar-refractivity contribution >= 4 is 43.9 Å². The van der Waals surface area contributed by atoms with Crippen LogP contribution >= 0.6 is 0 Å². The quantitative estimate of drug-likeness (QED) is 0.187. The number of benzene rings is 6. The molecule has 234 valence electrons. The van der Waals surface area contributed by atoms with Crippen molar-refractivity contribution in [2.24, 2.45) is 0 Å². The summed E-state index contributed by atoms with van der Waals surface area (Å²) in [5.41, 5.74) is 12.0. The number of rotatable bonds is 5. The second-order valence-electron chi connectivity index (χ2n) is 12.4. The van der Waals surface area contributed by atoms with E-state index in [2.05, 4.69) is 83.8 Å². The topological polar surface area (TPSA) is 65.0 Å². The first-order valence-corrected chi connectivity index (χ1v) is 16.6. The Balaban J connectivity index is 1.22. The molecule has 0 fully saturated rings. The summed E-state index contributed by atoms with van der Waals surface area (Å²) in [6.45, 7) is 0. The van der Waals surface area contributed by atoms with Crippen LogP contribution in [0, 0.1) is 0 Å². The highest BCUT2D eigenvalue weighted by molar-refractivity contribution is 6.16. The van der Waals surface area contributed by atoms with Crippen LogP contribution < -0.4 is 0 Å². The molecule has 0 spiro atoms. The van der Waals surface area contributed by atoms with Gasteiger partial charge in [0.05, 0.1) is 11.4 Å². The maximum Gasteiger partial charge on any atom is 0.161 e. The van der Waals surface area contributed by atoms with Crippen LogP contribution in [0.1, 0.15) is 0 Å². The Morgan fingerprint density at radius 1 is 0.380 bits per heavy atom. The molecule has 0 aliphatic rings. The van der Waals surface area contributed by atoms with Crippen LogP contribution in [0.5, 0.6) is 0 Å². The van der Waals surface area contributed by atoms with Gasteiger partial charge in [0, 0.05) is 56.2 Å². The lowest BCUT2D eigenvalue weighted by molar-refractivity contribution is 0.668. The third-order valence-corrected chi connectivity index (χ3v) is 9.45. The van der Waals surface area contributed by atoms with Crippen LogP contribution in [0.2, 0.25) is 0 Å². The third-order valence-electron chi connectivity index (χ3n) is 9.45. The van der Waals surface area contributed by atoms with Gasteiger partial charge in [-0.05, 0) is 65.2 Å². The first-order valence-electron chi connectivity index (χ1n) is 16.6. The standard InChI is InChI=1S/C45H27N3O2/c1-2-10-29(11-3-1)38-27-39(48-45(47-38)35-14-5-4-12-31(35)28-22-24-46-25-23-28)36-21-20-32(44-43(36)37-15-7-9-17-41(37)50-44)30-18-19-34-33-13-6-8-16-40(33)49-42(34)26-30/h1-27H. The summed E-state index contributed by atoms with van der Waals surface area (Å²) in [6.07, 6.45) is 3.63. The molecule has 0 saturated carbocycles. The number of hydrogen-bond acceptors (Lipinski definition) is 5. The molecule has 0 unspecified atom stereocenters. The minimum atomic E-state index is 0.647. The maximum absolute atomic E-state index is 6.70. The molecule has 50 heavy (non-hydrogen) atoms. The number of furan rings is 2. The average molecular weight is 642 g/mol. The van der Waals surface area contributed by atoms with Crippen LogP contribution in [-0.4, -0.2) is 15.0 Å². The van der Waals surface area contributed by atoms with Gasteiger partial charge in [0.2, 0.25) is 0 Å². The zero-order valence-corrected chi connectivity index (χ0v) is 26.7. The van der Waals surface area contributed by atoms with Crippen LogP contribution in [0.25, 0.3) is 100 Å². The van der Waals surface area contributed by atoms with Gasteiger partial charge in [0.25, 0.3) is 0 Å². The Morgan fingerprint density at radius 2 is 1.04 bits per heavy atom. The van der Waals surface area contributed by atoms with Gasteiger partial charge in [0.15, 0.2) is 5.82 Å². The van der Waals surface area contributed by atoms with E-state index in [1.54, 1.807) is 0 Å². The predicted molar refractivity (Wildman–Crippen MR) is 202 cm³/mol. The smallest absolute Gasteiger partial charge is 0.161 e. The summed E-state index contributed by atoms with van der Waals surface area (Å²) in [6, 6.07) is 51.8. The molecule has 0 bridgehead atoms. The second kappa shape index (κ2) is 11.4. The summed E-state index contributed by atoms with van der Waals surface area (Å²) in [5.74, 6) is 0.647. The highest BCUT2D eigenvalue weighted by atomic mass is 16.3. The molecule has 4 heterocycles. The first-order chi connectivity index (χ1) is 24.8. The van der Waals surface area contributed by atoms with Gasteiger partial charge < -0.3 is 8.83 Å². The predicted octanol–water partition coefficient (Wildman–Crippen LogP) is 12.0. The summed E-state index contributed by atoms with van der Waals surface area (Å²) < 4.78 is 13.0. The first kappa shape index (κ1) is 28.2. The Kier molecular flexibility index (Phi) is 6.42. The van der Waals surface area contributed by atoms with Crippen LogP contribution in [0.4, 0.5) is 0 Å². The molecule has 10 aromatic rings. The molecule has 4 aromatic heterocycles. The van der Waals surface area contributed by atoms with Crippen molar-refractivity contribution < 1.29 is 8.83 Å². The molecule has 5 heteroatoms. The Bertz CT molecular complexity index is 2870. The number of hydrogen-bond donors (Lipinski definition) is 0. The number of aromatic nitrogens is 3. The second-order valence-corrected chi connectivity index (χ2v) is 12.4. The van der Waals surface area contributed by atoms with Gasteiger partial charge in [-0.25, -0.2) is 9.97 Å². The van der Waals surface area contributed by atoms with E-state index in [-0.39, 0.29) is 0 Å². The van der Waals surface area contributed by atoms with E-state index >= 15 is 0 Å². The minimum absolute atomic E-state index is 0.647. The molecule has 0 aliphatic carbocycles. The molecule has 5 nitrogen and oxygen atoms in total. The van der Waals surface area contributed by atoms with Gasteiger partial charge in [-0.2, -0.15) is 0 Å². The number of fused-ring (bicyclic) bond motifs is 6. The SMILES string of the molecule is c1ccc(-c2cc(-c3ccc(-c4ccc5c(c4)oc4ccccc45)c4oc5ccccc5c34)nc(-c3ccccc3-c3ccncc3)n2)cc1. The van der Waals surface area contributed by atoms with E-state index in [0.717, 1.165) is 94.2 Å². The van der Waals surface area contributed by atoms with E-state index in [9.17, 15) is 0 Å². The lowest BCUT2D eigenvalue weighted by Gasteiger charge is -2.14. The summed E-state index contributed by atoms with van der Waals surface area (Å²) in [7, 11) is 0. The molecule has 0 amide bonds. The zero-order valence-electron chi connectivity index (χ0n) is 26.7. The average Bonchev–Trinajstić information content (AvgIpc) is 3.77. The highest BCUT2D eigenvalue weighted by Gasteiger charge is 2.21. The van der Waals surface area contributed by atoms with Crippen molar-refractivity contribution in [3.05, 3.63) is 164 Å². The Hall–Kier alpha value is -6.85. The van der Waals surface area contributed by atoms with Gasteiger partial charge in [0.1, 0.15) is 22.3 Å². The van der Waals surface area contributed by atoms with Gasteiger partial charge >= 0.3 is 0 Å². The van der Waals surface area contributed by atoms with Gasteiger partial charge in [-0.1, -0.05) is 103 Å². The van der Waals surface area contributed by atoms with Gasteiger partial charge in [-0.3, -0.25) is 4.98 Å². The maximum atomic E-state index is 6.70. The molecule has 0 radical (unpaired) electrons.